The number of benzene rings is 1. The zero-order chi connectivity index (χ0) is 10.6. The van der Waals surface area contributed by atoms with E-state index in [9.17, 15) is 0 Å². The molecule has 1 aromatic carbocycles. The second kappa shape index (κ2) is 5.40. The minimum Gasteiger partial charge on any atom is -0.492 e. The van der Waals surface area contributed by atoms with E-state index in [1.54, 1.807) is 0 Å². The van der Waals surface area contributed by atoms with Gasteiger partial charge < -0.3 is 4.74 Å². The summed E-state index contributed by atoms with van der Waals surface area (Å²) in [6.07, 6.45) is 2.28. The molecule has 0 heterocycles. The largest absolute Gasteiger partial charge is 0.492 e. The van der Waals surface area contributed by atoms with Crippen LogP contribution < -0.4 is 4.74 Å². The highest BCUT2D eigenvalue weighted by Crippen LogP contribution is 2.30. The van der Waals surface area contributed by atoms with Gasteiger partial charge in [0.05, 0.1) is 11.1 Å². The fraction of sp³-hybridized carbons (Fsp3) is 0.500. The van der Waals surface area contributed by atoms with Crippen molar-refractivity contribution in [3.63, 3.8) is 0 Å². The van der Waals surface area contributed by atoms with Crippen LogP contribution in [0.4, 0.5) is 0 Å². The molecule has 1 nitrogen and oxygen atoms in total. The maximum absolute atomic E-state index is 5.72. The number of rotatable bonds is 4. The average molecular weight is 257 g/mol. The molecule has 0 N–H and O–H groups in total. The third kappa shape index (κ3) is 3.02. The molecule has 0 fully saturated rings. The Morgan fingerprint density at radius 1 is 1.29 bits per heavy atom. The SMILES string of the molecule is CCCCOc1c(C)cc(C)cc1Br. The van der Waals surface area contributed by atoms with E-state index in [4.69, 9.17) is 4.74 Å². The Hall–Kier alpha value is -0.500. The van der Waals surface area contributed by atoms with Crippen LogP contribution in [0.25, 0.3) is 0 Å². The van der Waals surface area contributed by atoms with Gasteiger partial charge in [-0.3, -0.25) is 0 Å². The van der Waals surface area contributed by atoms with Crippen LogP contribution in [0.2, 0.25) is 0 Å². The molecule has 0 radical (unpaired) electrons. The maximum Gasteiger partial charge on any atom is 0.136 e. The lowest BCUT2D eigenvalue weighted by Gasteiger charge is -2.11. The number of aryl methyl sites for hydroxylation is 2. The normalized spacial score (nSPS) is 10.3. The van der Waals surface area contributed by atoms with Gasteiger partial charge >= 0.3 is 0 Å². The summed E-state index contributed by atoms with van der Waals surface area (Å²) in [7, 11) is 0. The van der Waals surface area contributed by atoms with Gasteiger partial charge in [-0.2, -0.15) is 0 Å². The first kappa shape index (κ1) is 11.6. The monoisotopic (exact) mass is 256 g/mol. The van der Waals surface area contributed by atoms with Crippen LogP contribution in [0.15, 0.2) is 16.6 Å². The predicted molar refractivity (Wildman–Crippen MR) is 64.0 cm³/mol. The van der Waals surface area contributed by atoms with Crippen molar-refractivity contribution in [2.24, 2.45) is 0 Å². The van der Waals surface area contributed by atoms with Gasteiger partial charge in [-0.25, -0.2) is 0 Å². The molecule has 1 aromatic rings. The van der Waals surface area contributed by atoms with Crippen molar-refractivity contribution in [2.75, 3.05) is 6.61 Å². The summed E-state index contributed by atoms with van der Waals surface area (Å²) in [6, 6.07) is 4.24. The molecule has 14 heavy (non-hydrogen) atoms. The highest BCUT2D eigenvalue weighted by molar-refractivity contribution is 9.10. The lowest BCUT2D eigenvalue weighted by atomic mass is 10.1. The number of halogens is 1. The first-order valence-corrected chi connectivity index (χ1v) is 5.84. The van der Waals surface area contributed by atoms with Gasteiger partial charge in [-0.1, -0.05) is 19.4 Å². The zero-order valence-corrected chi connectivity index (χ0v) is 10.6. The Balaban J connectivity index is 2.75. The summed E-state index contributed by atoms with van der Waals surface area (Å²) >= 11 is 3.53. The smallest absolute Gasteiger partial charge is 0.136 e. The highest BCUT2D eigenvalue weighted by atomic mass is 79.9. The molecule has 0 aliphatic heterocycles. The molecule has 0 spiro atoms. The van der Waals surface area contributed by atoms with Crippen molar-refractivity contribution in [2.45, 2.75) is 33.6 Å². The molecule has 1 rings (SSSR count). The summed E-state index contributed by atoms with van der Waals surface area (Å²) in [5.41, 5.74) is 2.46. The molecule has 78 valence electrons. The van der Waals surface area contributed by atoms with Gasteiger partial charge in [0.1, 0.15) is 5.75 Å². The van der Waals surface area contributed by atoms with Gasteiger partial charge in [0.25, 0.3) is 0 Å². The fourth-order valence-corrected chi connectivity index (χ4v) is 2.19. The third-order valence-electron chi connectivity index (χ3n) is 2.12. The van der Waals surface area contributed by atoms with Gasteiger partial charge in [0, 0.05) is 0 Å². The molecular weight excluding hydrogens is 240 g/mol. The van der Waals surface area contributed by atoms with Crippen molar-refractivity contribution in [3.05, 3.63) is 27.7 Å². The Morgan fingerprint density at radius 3 is 2.57 bits per heavy atom. The van der Waals surface area contributed by atoms with Gasteiger partial charge in [0.2, 0.25) is 0 Å². The fourth-order valence-electron chi connectivity index (χ4n) is 1.40. The zero-order valence-electron chi connectivity index (χ0n) is 9.06. The number of hydrogen-bond acceptors (Lipinski definition) is 1. The Kier molecular flexibility index (Phi) is 4.46. The summed E-state index contributed by atoms with van der Waals surface area (Å²) in [6.45, 7) is 7.14. The molecule has 0 aliphatic carbocycles. The van der Waals surface area contributed by atoms with E-state index in [0.717, 1.165) is 23.2 Å². The number of ether oxygens (including phenoxy) is 1. The average Bonchev–Trinajstić information content (AvgIpc) is 2.09. The molecule has 0 amide bonds. The van der Waals surface area contributed by atoms with E-state index in [0.29, 0.717) is 0 Å². The maximum atomic E-state index is 5.72. The van der Waals surface area contributed by atoms with E-state index in [1.807, 2.05) is 0 Å². The number of unbranched alkanes of at least 4 members (excludes halogenated alkanes) is 1. The standard InChI is InChI=1S/C12H17BrO/c1-4-5-6-14-12-10(3)7-9(2)8-11(12)13/h7-8H,4-6H2,1-3H3. The van der Waals surface area contributed by atoms with Crippen molar-refractivity contribution < 1.29 is 4.74 Å². The first-order valence-electron chi connectivity index (χ1n) is 5.04. The van der Waals surface area contributed by atoms with E-state index in [2.05, 4.69) is 48.8 Å². The molecule has 0 saturated carbocycles. The molecule has 0 atom stereocenters. The first-order chi connectivity index (χ1) is 6.65. The second-order valence-corrected chi connectivity index (χ2v) is 4.45. The molecular formula is C12H17BrO. The van der Waals surface area contributed by atoms with Crippen molar-refractivity contribution in [1.29, 1.82) is 0 Å². The van der Waals surface area contributed by atoms with Crippen LogP contribution in [-0.2, 0) is 0 Å². The Labute approximate surface area is 94.6 Å². The molecule has 0 aromatic heterocycles. The Bertz CT molecular complexity index is 284. The van der Waals surface area contributed by atoms with Gasteiger partial charge in [-0.15, -0.1) is 0 Å². The minimum atomic E-state index is 0.805. The van der Waals surface area contributed by atoms with Crippen molar-refractivity contribution >= 4 is 15.9 Å². The van der Waals surface area contributed by atoms with E-state index < -0.39 is 0 Å². The minimum absolute atomic E-state index is 0.805. The van der Waals surface area contributed by atoms with E-state index in [-0.39, 0.29) is 0 Å². The summed E-state index contributed by atoms with van der Waals surface area (Å²) in [4.78, 5) is 0. The van der Waals surface area contributed by atoms with Crippen LogP contribution in [0.5, 0.6) is 5.75 Å². The third-order valence-corrected chi connectivity index (χ3v) is 2.71. The molecule has 2 heteroatoms. The van der Waals surface area contributed by atoms with E-state index >= 15 is 0 Å². The molecule has 0 bridgehead atoms. The summed E-state index contributed by atoms with van der Waals surface area (Å²) in [5.74, 6) is 0.990. The van der Waals surface area contributed by atoms with Crippen LogP contribution in [0.1, 0.15) is 30.9 Å². The lowest BCUT2D eigenvalue weighted by Crippen LogP contribution is -1.99. The number of hydrogen-bond donors (Lipinski definition) is 0. The van der Waals surface area contributed by atoms with Crippen LogP contribution in [0.3, 0.4) is 0 Å². The predicted octanol–water partition coefficient (Wildman–Crippen LogP) is 4.24. The Morgan fingerprint density at radius 2 is 2.00 bits per heavy atom. The second-order valence-electron chi connectivity index (χ2n) is 3.59. The molecule has 0 saturated heterocycles. The van der Waals surface area contributed by atoms with E-state index in [1.165, 1.54) is 17.5 Å². The quantitative estimate of drug-likeness (QED) is 0.733. The topological polar surface area (TPSA) is 9.23 Å². The van der Waals surface area contributed by atoms with Gasteiger partial charge in [-0.05, 0) is 53.4 Å². The molecule has 0 aliphatic rings. The lowest BCUT2D eigenvalue weighted by molar-refractivity contribution is 0.305. The van der Waals surface area contributed by atoms with Crippen molar-refractivity contribution in [3.8, 4) is 5.75 Å². The van der Waals surface area contributed by atoms with Gasteiger partial charge in [0.15, 0.2) is 0 Å². The summed E-state index contributed by atoms with van der Waals surface area (Å²) < 4.78 is 6.78. The summed E-state index contributed by atoms with van der Waals surface area (Å²) in [5, 5.41) is 0. The van der Waals surface area contributed by atoms with Crippen LogP contribution in [0, 0.1) is 13.8 Å². The molecule has 0 unspecified atom stereocenters. The highest BCUT2D eigenvalue weighted by Gasteiger charge is 2.05. The van der Waals surface area contributed by atoms with Crippen molar-refractivity contribution in [1.82, 2.24) is 0 Å². The van der Waals surface area contributed by atoms with Crippen LogP contribution in [-0.4, -0.2) is 6.61 Å². The van der Waals surface area contributed by atoms with Crippen LogP contribution >= 0.6 is 15.9 Å².